The van der Waals surface area contributed by atoms with Crippen molar-refractivity contribution in [2.24, 2.45) is 0 Å². The second-order valence-electron chi connectivity index (χ2n) is 5.00. The number of ether oxygens (including phenoxy) is 1. The van der Waals surface area contributed by atoms with Crippen molar-refractivity contribution in [3.63, 3.8) is 0 Å². The van der Waals surface area contributed by atoms with Gasteiger partial charge in [-0.15, -0.1) is 0 Å². The molecule has 0 aromatic carbocycles. The van der Waals surface area contributed by atoms with E-state index in [1.54, 1.807) is 0 Å². The molecule has 0 N–H and O–H groups in total. The van der Waals surface area contributed by atoms with Gasteiger partial charge in [-0.2, -0.15) is 0 Å². The summed E-state index contributed by atoms with van der Waals surface area (Å²) in [6, 6.07) is 0. The van der Waals surface area contributed by atoms with E-state index in [1.165, 1.54) is 32.1 Å². The molecular weight excluding hydrogens is 299 g/mol. The number of unbranched alkanes of at least 4 members (excludes halogenated alkanes) is 7. The zero-order valence-corrected chi connectivity index (χ0v) is 13.7. The van der Waals surface area contributed by atoms with E-state index in [0.29, 0.717) is 25.9 Å². The lowest BCUT2D eigenvalue weighted by atomic mass is 10.1. The fourth-order valence-electron chi connectivity index (χ4n) is 1.94. The van der Waals surface area contributed by atoms with Crippen LogP contribution in [0.15, 0.2) is 0 Å². The second kappa shape index (κ2) is 15.3. The molecule has 0 aliphatic heterocycles. The van der Waals surface area contributed by atoms with E-state index in [-0.39, 0.29) is 10.5 Å². The summed E-state index contributed by atoms with van der Waals surface area (Å²) in [5.41, 5.74) is 0. The van der Waals surface area contributed by atoms with E-state index in [2.05, 4.69) is 0 Å². The van der Waals surface area contributed by atoms with Gasteiger partial charge in [0.2, 0.25) is 10.5 Å². The van der Waals surface area contributed by atoms with Crippen LogP contribution in [0.3, 0.4) is 0 Å². The van der Waals surface area contributed by atoms with Crippen molar-refractivity contribution in [2.75, 3.05) is 13.2 Å². The summed E-state index contributed by atoms with van der Waals surface area (Å²) < 4.78 is 5.41. The van der Waals surface area contributed by atoms with Crippen molar-refractivity contribution in [2.45, 2.75) is 70.6 Å². The van der Waals surface area contributed by atoms with Gasteiger partial charge in [-0.25, -0.2) is 0 Å². The highest BCUT2D eigenvalue weighted by molar-refractivity contribution is 6.63. The van der Waals surface area contributed by atoms with E-state index in [0.717, 1.165) is 25.9 Å². The molecule has 0 atom stereocenters. The highest BCUT2D eigenvalue weighted by Gasteiger charge is 1.97. The van der Waals surface area contributed by atoms with Gasteiger partial charge in [0, 0.05) is 26.1 Å². The zero-order valence-electron chi connectivity index (χ0n) is 12.2. The number of carbonyl (C=O) groups is 2. The second-order valence-corrected chi connectivity index (χ2v) is 5.85. The molecule has 3 nitrogen and oxygen atoms in total. The van der Waals surface area contributed by atoms with Crippen LogP contribution < -0.4 is 0 Å². The Hall–Kier alpha value is -0.120. The summed E-state index contributed by atoms with van der Waals surface area (Å²) in [7, 11) is 0. The van der Waals surface area contributed by atoms with E-state index in [1.807, 2.05) is 0 Å². The third kappa shape index (κ3) is 17.9. The Bertz CT molecular complexity index is 232. The predicted octanol–water partition coefficient (Wildman–Crippen LogP) is 4.82. The van der Waals surface area contributed by atoms with Gasteiger partial charge in [0.25, 0.3) is 0 Å². The van der Waals surface area contributed by atoms with Crippen molar-refractivity contribution in [1.29, 1.82) is 0 Å². The van der Waals surface area contributed by atoms with E-state index in [9.17, 15) is 9.59 Å². The van der Waals surface area contributed by atoms with Crippen LogP contribution in [-0.2, 0) is 14.3 Å². The standard InChI is InChI=1S/C15H26Cl2O3/c16-14(18)10-7-5-3-1-2-4-6-8-12-20-13-9-11-15(17)19/h1-13H2. The van der Waals surface area contributed by atoms with Gasteiger partial charge in [-0.3, -0.25) is 9.59 Å². The molecule has 0 amide bonds. The van der Waals surface area contributed by atoms with Gasteiger partial charge < -0.3 is 4.74 Å². The Morgan fingerprint density at radius 3 is 1.55 bits per heavy atom. The third-order valence-corrected chi connectivity index (χ3v) is 3.45. The monoisotopic (exact) mass is 324 g/mol. The largest absolute Gasteiger partial charge is 0.381 e. The molecular formula is C15H26Cl2O3. The van der Waals surface area contributed by atoms with E-state index in [4.69, 9.17) is 27.9 Å². The van der Waals surface area contributed by atoms with Gasteiger partial charge in [0.15, 0.2) is 0 Å². The summed E-state index contributed by atoms with van der Waals surface area (Å²) in [4.78, 5) is 21.0. The number of rotatable bonds is 15. The number of halogens is 2. The molecule has 0 unspecified atom stereocenters. The minimum atomic E-state index is -0.288. The lowest BCUT2D eigenvalue weighted by molar-refractivity contribution is -0.112. The highest BCUT2D eigenvalue weighted by Crippen LogP contribution is 2.10. The Morgan fingerprint density at radius 1 is 0.600 bits per heavy atom. The Labute approximate surface area is 132 Å². The summed E-state index contributed by atoms with van der Waals surface area (Å²) in [6.45, 7) is 1.39. The number of hydrogen-bond donors (Lipinski definition) is 0. The fraction of sp³-hybridized carbons (Fsp3) is 0.867. The van der Waals surface area contributed by atoms with Crippen molar-refractivity contribution >= 4 is 33.7 Å². The molecule has 0 rings (SSSR count). The maximum Gasteiger partial charge on any atom is 0.221 e. The van der Waals surface area contributed by atoms with Gasteiger partial charge >= 0.3 is 0 Å². The smallest absolute Gasteiger partial charge is 0.221 e. The molecule has 0 fully saturated rings. The van der Waals surface area contributed by atoms with Gasteiger partial charge in [-0.1, -0.05) is 38.5 Å². The first-order chi connectivity index (χ1) is 9.63. The zero-order chi connectivity index (χ0) is 15.1. The topological polar surface area (TPSA) is 43.4 Å². The average Bonchev–Trinajstić information content (AvgIpc) is 2.38. The van der Waals surface area contributed by atoms with Crippen molar-refractivity contribution < 1.29 is 14.3 Å². The molecule has 0 spiro atoms. The Kier molecular flexibility index (Phi) is 15.2. The number of hydrogen-bond acceptors (Lipinski definition) is 3. The maximum atomic E-state index is 10.5. The molecule has 118 valence electrons. The minimum Gasteiger partial charge on any atom is -0.381 e. The van der Waals surface area contributed by atoms with Crippen LogP contribution in [0.1, 0.15) is 70.6 Å². The van der Waals surface area contributed by atoms with Crippen molar-refractivity contribution in [3.8, 4) is 0 Å². The SMILES string of the molecule is O=C(Cl)CCCCCCCCCCOCCCC(=O)Cl. The molecule has 0 saturated heterocycles. The first-order valence-electron chi connectivity index (χ1n) is 7.57. The van der Waals surface area contributed by atoms with Gasteiger partial charge in [-0.05, 0) is 42.5 Å². The molecule has 0 aliphatic carbocycles. The van der Waals surface area contributed by atoms with Crippen LogP contribution in [-0.4, -0.2) is 23.7 Å². The average molecular weight is 325 g/mol. The summed E-state index contributed by atoms with van der Waals surface area (Å²) in [5, 5.41) is -0.510. The molecule has 0 aromatic rings. The Morgan fingerprint density at radius 2 is 1.00 bits per heavy atom. The molecule has 0 saturated carbocycles. The molecule has 5 heteroatoms. The van der Waals surface area contributed by atoms with Crippen LogP contribution >= 0.6 is 23.2 Å². The van der Waals surface area contributed by atoms with E-state index < -0.39 is 0 Å². The molecule has 0 radical (unpaired) electrons. The first-order valence-corrected chi connectivity index (χ1v) is 8.33. The minimum absolute atomic E-state index is 0.222. The fourth-order valence-corrected chi connectivity index (χ4v) is 2.21. The number of carbonyl (C=O) groups excluding carboxylic acids is 2. The maximum absolute atomic E-state index is 10.5. The highest BCUT2D eigenvalue weighted by atomic mass is 35.5. The van der Waals surface area contributed by atoms with Gasteiger partial charge in [0.1, 0.15) is 0 Å². The molecule has 0 aromatic heterocycles. The van der Waals surface area contributed by atoms with Crippen molar-refractivity contribution in [1.82, 2.24) is 0 Å². The van der Waals surface area contributed by atoms with Crippen LogP contribution in [0.2, 0.25) is 0 Å². The van der Waals surface area contributed by atoms with E-state index >= 15 is 0 Å². The lowest BCUT2D eigenvalue weighted by Crippen LogP contribution is -1.98. The van der Waals surface area contributed by atoms with Crippen LogP contribution in [0.25, 0.3) is 0 Å². The van der Waals surface area contributed by atoms with Crippen LogP contribution in [0.4, 0.5) is 0 Å². The van der Waals surface area contributed by atoms with Crippen LogP contribution in [0.5, 0.6) is 0 Å². The predicted molar refractivity (Wildman–Crippen MR) is 83.3 cm³/mol. The normalized spacial score (nSPS) is 10.7. The molecule has 0 heterocycles. The first kappa shape index (κ1) is 19.9. The third-order valence-electron chi connectivity index (χ3n) is 3.07. The summed E-state index contributed by atoms with van der Waals surface area (Å²) >= 11 is 10.5. The Balaban J connectivity index is 2.99. The molecule has 20 heavy (non-hydrogen) atoms. The molecule has 0 aliphatic rings. The lowest BCUT2D eigenvalue weighted by Gasteiger charge is -2.03. The summed E-state index contributed by atoms with van der Waals surface area (Å²) in [5.74, 6) is 0. The van der Waals surface area contributed by atoms with Crippen molar-refractivity contribution in [3.05, 3.63) is 0 Å². The van der Waals surface area contributed by atoms with Gasteiger partial charge in [0.05, 0.1) is 0 Å². The molecule has 0 bridgehead atoms. The van der Waals surface area contributed by atoms with Crippen LogP contribution in [0, 0.1) is 0 Å². The quantitative estimate of drug-likeness (QED) is 0.320. The summed E-state index contributed by atoms with van der Waals surface area (Å²) in [6.07, 6.45) is 10.8.